The number of carbonyl (C=O) groups is 2. The Morgan fingerprint density at radius 1 is 0.788 bits per heavy atom. The number of ether oxygens (including phenoxy) is 2. The van der Waals surface area contributed by atoms with Gasteiger partial charge in [0.15, 0.2) is 6.10 Å². The van der Waals surface area contributed by atoms with Crippen LogP contribution in [0.25, 0.3) is 0 Å². The number of Topliss-reactive ketones (excluding diaryl/α,β-unsaturated/α-hetero) is 1. The van der Waals surface area contributed by atoms with Crippen LogP contribution in [0.5, 0.6) is 0 Å². The van der Waals surface area contributed by atoms with Crippen LogP contribution in [0.3, 0.4) is 0 Å². The van der Waals surface area contributed by atoms with E-state index in [1.165, 1.54) is 77.0 Å². The lowest BCUT2D eigenvalue weighted by Crippen LogP contribution is -2.28. The molecule has 1 unspecified atom stereocenters. The zero-order valence-electron chi connectivity index (χ0n) is 20.6. The van der Waals surface area contributed by atoms with Crippen LogP contribution in [-0.4, -0.2) is 24.0 Å². The molecule has 1 fully saturated rings. The Balaban J connectivity index is 1.44. The highest BCUT2D eigenvalue weighted by Gasteiger charge is 2.43. The predicted molar refractivity (Wildman–Crippen MR) is 134 cm³/mol. The van der Waals surface area contributed by atoms with Crippen LogP contribution in [0, 0.1) is 0 Å². The summed E-state index contributed by atoms with van der Waals surface area (Å²) in [4.78, 5) is 24.4. The molecule has 33 heavy (non-hydrogen) atoms. The van der Waals surface area contributed by atoms with Crippen molar-refractivity contribution in [3.63, 3.8) is 0 Å². The van der Waals surface area contributed by atoms with Crippen LogP contribution in [0.15, 0.2) is 42.5 Å². The molecule has 0 bridgehead atoms. The minimum absolute atomic E-state index is 0.234. The SMILES string of the molecule is CCCCCCCCCCCCCCC=CCC[C@@H]1OC(=O)C(OCc2ccccc2)C1=O. The van der Waals surface area contributed by atoms with E-state index < -0.39 is 18.2 Å². The average molecular weight is 457 g/mol. The molecule has 1 aromatic carbocycles. The van der Waals surface area contributed by atoms with Crippen LogP contribution in [-0.2, 0) is 25.7 Å². The van der Waals surface area contributed by atoms with E-state index in [-0.39, 0.29) is 12.4 Å². The Bertz CT molecular complexity index is 682. The zero-order valence-corrected chi connectivity index (χ0v) is 20.6. The van der Waals surface area contributed by atoms with Gasteiger partial charge in [0.1, 0.15) is 0 Å². The van der Waals surface area contributed by atoms with Crippen molar-refractivity contribution in [1.82, 2.24) is 0 Å². The normalized spacial score (nSPS) is 18.3. The summed E-state index contributed by atoms with van der Waals surface area (Å²) in [6.07, 6.45) is 21.3. The van der Waals surface area contributed by atoms with Crippen LogP contribution >= 0.6 is 0 Å². The maximum Gasteiger partial charge on any atom is 0.343 e. The van der Waals surface area contributed by atoms with Crippen LogP contribution in [0.4, 0.5) is 0 Å². The Hall–Kier alpha value is -1.94. The maximum absolute atomic E-state index is 12.4. The standard InChI is InChI=1S/C29H44O4/c1-2-3-4-5-6-7-8-9-10-11-12-13-14-15-16-20-23-26-27(30)28(29(31)33-26)32-24-25-21-18-17-19-22-25/h15-19,21-22,26,28H,2-14,20,23-24H2,1H3/t26-,28?/m0/s1. The third-order valence-corrected chi connectivity index (χ3v) is 6.29. The van der Waals surface area contributed by atoms with E-state index in [0.29, 0.717) is 6.42 Å². The van der Waals surface area contributed by atoms with E-state index in [2.05, 4.69) is 19.1 Å². The summed E-state index contributed by atoms with van der Waals surface area (Å²) in [5, 5.41) is 0. The third-order valence-electron chi connectivity index (χ3n) is 6.29. The van der Waals surface area contributed by atoms with Gasteiger partial charge in [-0.1, -0.05) is 120 Å². The second-order valence-electron chi connectivity index (χ2n) is 9.23. The van der Waals surface area contributed by atoms with Gasteiger partial charge in [-0.3, -0.25) is 4.79 Å². The maximum atomic E-state index is 12.4. The Labute approximate surface area is 201 Å². The monoisotopic (exact) mass is 456 g/mol. The predicted octanol–water partition coefficient (Wildman–Crippen LogP) is 7.49. The fraction of sp³-hybridized carbons (Fsp3) is 0.655. The molecule has 0 aromatic heterocycles. The first-order valence-electron chi connectivity index (χ1n) is 13.3. The topological polar surface area (TPSA) is 52.6 Å². The zero-order chi connectivity index (χ0) is 23.6. The smallest absolute Gasteiger partial charge is 0.343 e. The second kappa shape index (κ2) is 17.5. The van der Waals surface area contributed by atoms with E-state index in [4.69, 9.17) is 9.47 Å². The molecule has 0 radical (unpaired) electrons. The Morgan fingerprint density at radius 2 is 1.36 bits per heavy atom. The summed E-state index contributed by atoms with van der Waals surface area (Å²) >= 11 is 0. The Morgan fingerprint density at radius 3 is 2.00 bits per heavy atom. The van der Waals surface area contributed by atoms with Gasteiger partial charge in [0.2, 0.25) is 11.9 Å². The van der Waals surface area contributed by atoms with Crippen molar-refractivity contribution in [2.45, 2.75) is 122 Å². The van der Waals surface area contributed by atoms with Gasteiger partial charge >= 0.3 is 5.97 Å². The molecular weight excluding hydrogens is 412 g/mol. The molecule has 0 amide bonds. The number of benzene rings is 1. The van der Waals surface area contributed by atoms with Gasteiger partial charge in [-0.05, 0) is 31.2 Å². The molecule has 1 aromatic rings. The van der Waals surface area contributed by atoms with Crippen molar-refractivity contribution >= 4 is 11.8 Å². The van der Waals surface area contributed by atoms with E-state index >= 15 is 0 Å². The largest absolute Gasteiger partial charge is 0.452 e. The summed E-state index contributed by atoms with van der Waals surface area (Å²) in [6.45, 7) is 2.50. The molecular formula is C29H44O4. The fourth-order valence-electron chi connectivity index (χ4n) is 4.24. The van der Waals surface area contributed by atoms with Gasteiger partial charge in [0, 0.05) is 0 Å². The van der Waals surface area contributed by atoms with Crippen LogP contribution in [0.2, 0.25) is 0 Å². The van der Waals surface area contributed by atoms with Crippen molar-refractivity contribution in [2.24, 2.45) is 0 Å². The lowest BCUT2D eigenvalue weighted by atomic mass is 10.0. The number of hydrogen-bond acceptors (Lipinski definition) is 4. The number of ketones is 1. The van der Waals surface area contributed by atoms with E-state index in [1.807, 2.05) is 30.3 Å². The molecule has 1 aliphatic heterocycles. The fourth-order valence-corrected chi connectivity index (χ4v) is 4.24. The van der Waals surface area contributed by atoms with E-state index in [1.54, 1.807) is 0 Å². The molecule has 0 aliphatic carbocycles. The first kappa shape index (κ1) is 27.3. The van der Waals surface area contributed by atoms with Crippen molar-refractivity contribution in [1.29, 1.82) is 0 Å². The molecule has 2 rings (SSSR count). The molecule has 0 spiro atoms. The lowest BCUT2D eigenvalue weighted by Gasteiger charge is -2.07. The van der Waals surface area contributed by atoms with Gasteiger partial charge in [-0.15, -0.1) is 0 Å². The van der Waals surface area contributed by atoms with Crippen LogP contribution < -0.4 is 0 Å². The first-order valence-corrected chi connectivity index (χ1v) is 13.3. The molecule has 1 aliphatic rings. The first-order chi connectivity index (χ1) is 16.2. The van der Waals surface area contributed by atoms with Gasteiger partial charge in [0.05, 0.1) is 6.61 Å². The molecule has 1 saturated heterocycles. The van der Waals surface area contributed by atoms with Gasteiger partial charge in [-0.2, -0.15) is 0 Å². The molecule has 2 atom stereocenters. The lowest BCUT2D eigenvalue weighted by molar-refractivity contribution is -0.150. The molecule has 184 valence electrons. The number of allylic oxidation sites excluding steroid dienone is 2. The third kappa shape index (κ3) is 11.7. The number of carbonyl (C=O) groups excluding carboxylic acids is 2. The summed E-state index contributed by atoms with van der Waals surface area (Å²) in [5.74, 6) is -0.799. The second-order valence-corrected chi connectivity index (χ2v) is 9.23. The number of cyclic esters (lactones) is 1. The summed E-state index contributed by atoms with van der Waals surface area (Å²) in [6, 6.07) is 9.53. The van der Waals surface area contributed by atoms with Crippen molar-refractivity contribution in [3.8, 4) is 0 Å². The highest BCUT2D eigenvalue weighted by molar-refractivity contribution is 6.09. The minimum atomic E-state index is -1.08. The van der Waals surface area contributed by atoms with Gasteiger partial charge < -0.3 is 9.47 Å². The molecule has 0 saturated carbocycles. The molecule has 0 N–H and O–H groups in total. The summed E-state index contributed by atoms with van der Waals surface area (Å²) < 4.78 is 10.8. The number of esters is 1. The Kier molecular flexibility index (Phi) is 14.5. The number of hydrogen-bond donors (Lipinski definition) is 0. The summed E-state index contributed by atoms with van der Waals surface area (Å²) in [5.41, 5.74) is 0.933. The minimum Gasteiger partial charge on any atom is -0.452 e. The average Bonchev–Trinajstić information content (AvgIpc) is 3.10. The summed E-state index contributed by atoms with van der Waals surface area (Å²) in [7, 11) is 0. The highest BCUT2D eigenvalue weighted by atomic mass is 16.6. The van der Waals surface area contributed by atoms with Gasteiger partial charge in [0.25, 0.3) is 0 Å². The van der Waals surface area contributed by atoms with Crippen LogP contribution in [0.1, 0.15) is 109 Å². The molecule has 4 nitrogen and oxygen atoms in total. The van der Waals surface area contributed by atoms with E-state index in [9.17, 15) is 9.59 Å². The highest BCUT2D eigenvalue weighted by Crippen LogP contribution is 2.20. The molecule has 1 heterocycles. The molecule has 4 heteroatoms. The quantitative estimate of drug-likeness (QED) is 0.0936. The van der Waals surface area contributed by atoms with Crippen molar-refractivity contribution in [2.75, 3.05) is 0 Å². The van der Waals surface area contributed by atoms with Crippen molar-refractivity contribution in [3.05, 3.63) is 48.0 Å². The van der Waals surface area contributed by atoms with Gasteiger partial charge in [-0.25, -0.2) is 4.79 Å². The van der Waals surface area contributed by atoms with E-state index in [0.717, 1.165) is 18.4 Å². The number of rotatable bonds is 19. The number of unbranched alkanes of at least 4 members (excludes halogenated alkanes) is 12. The van der Waals surface area contributed by atoms with Crippen molar-refractivity contribution < 1.29 is 19.1 Å².